The van der Waals surface area contributed by atoms with Crippen molar-refractivity contribution < 1.29 is 5.11 Å². The van der Waals surface area contributed by atoms with Gasteiger partial charge in [-0.25, -0.2) is 4.98 Å². The summed E-state index contributed by atoms with van der Waals surface area (Å²) in [4.78, 5) is 4.34. The summed E-state index contributed by atoms with van der Waals surface area (Å²) in [5, 5.41) is 9.30. The van der Waals surface area contributed by atoms with Crippen LogP contribution in [0, 0.1) is 0 Å². The highest BCUT2D eigenvalue weighted by Crippen LogP contribution is 2.17. The van der Waals surface area contributed by atoms with E-state index in [-0.39, 0.29) is 6.61 Å². The predicted molar refractivity (Wildman–Crippen MR) is 63.5 cm³/mol. The summed E-state index contributed by atoms with van der Waals surface area (Å²) in [5.74, 6) is 1.04. The average molecular weight is 216 g/mol. The first kappa shape index (κ1) is 10.9. The number of nitrogens with zero attached hydrogens (tertiary/aromatic N) is 2. The summed E-state index contributed by atoms with van der Waals surface area (Å²) in [6, 6.07) is 7.85. The average Bonchev–Trinajstić information content (AvgIpc) is 2.77. The normalized spacial score (nSPS) is 10.6. The molecular weight excluding hydrogens is 200 g/mol. The number of hydrogen-bond donors (Lipinski definition) is 1. The monoisotopic (exact) mass is 216 g/mol. The van der Waals surface area contributed by atoms with Crippen LogP contribution >= 0.6 is 0 Å². The fraction of sp³-hybridized carbons (Fsp3) is 0.308. The van der Waals surface area contributed by atoms with Crippen molar-refractivity contribution in [3.63, 3.8) is 0 Å². The largest absolute Gasteiger partial charge is 0.392 e. The molecule has 0 aliphatic carbocycles. The zero-order valence-corrected chi connectivity index (χ0v) is 9.43. The molecule has 2 aromatic rings. The molecule has 0 aliphatic heterocycles. The van der Waals surface area contributed by atoms with Crippen LogP contribution in [0.4, 0.5) is 0 Å². The van der Waals surface area contributed by atoms with E-state index in [2.05, 4.69) is 16.5 Å². The smallest absolute Gasteiger partial charge is 0.113 e. The van der Waals surface area contributed by atoms with Gasteiger partial charge >= 0.3 is 0 Å². The number of benzene rings is 1. The van der Waals surface area contributed by atoms with Gasteiger partial charge in [0.2, 0.25) is 0 Å². The van der Waals surface area contributed by atoms with Crippen molar-refractivity contribution in [3.8, 4) is 5.69 Å². The van der Waals surface area contributed by atoms with E-state index in [0.717, 1.165) is 29.9 Å². The third-order valence-corrected chi connectivity index (χ3v) is 2.61. The number of aliphatic hydroxyl groups is 1. The Morgan fingerprint density at radius 1 is 1.31 bits per heavy atom. The minimum atomic E-state index is 0.0555. The molecule has 0 saturated heterocycles. The van der Waals surface area contributed by atoms with Crippen LogP contribution in [0.2, 0.25) is 0 Å². The number of para-hydroxylation sites is 1. The molecule has 1 aromatic carbocycles. The standard InChI is InChI=1S/C13H16N2O/c1-2-5-13-14-8-9-15(13)12-7-4-3-6-11(12)10-16/h3-4,6-9,16H,2,5,10H2,1H3. The van der Waals surface area contributed by atoms with Gasteiger partial charge in [0.05, 0.1) is 12.3 Å². The molecule has 0 aliphatic rings. The van der Waals surface area contributed by atoms with Crippen molar-refractivity contribution in [3.05, 3.63) is 48.0 Å². The Hall–Kier alpha value is -1.61. The lowest BCUT2D eigenvalue weighted by Crippen LogP contribution is -2.03. The molecule has 0 saturated carbocycles. The Morgan fingerprint density at radius 2 is 2.12 bits per heavy atom. The molecule has 1 heterocycles. The Bertz CT molecular complexity index is 462. The summed E-state index contributed by atoms with van der Waals surface area (Å²) >= 11 is 0. The molecule has 0 amide bonds. The van der Waals surface area contributed by atoms with Gasteiger partial charge in [-0.2, -0.15) is 0 Å². The van der Waals surface area contributed by atoms with Crippen molar-refractivity contribution in [1.82, 2.24) is 9.55 Å². The van der Waals surface area contributed by atoms with Crippen molar-refractivity contribution in [1.29, 1.82) is 0 Å². The van der Waals surface area contributed by atoms with Crippen LogP contribution in [0.15, 0.2) is 36.7 Å². The molecule has 0 fully saturated rings. The molecule has 2 rings (SSSR count). The highest BCUT2D eigenvalue weighted by Gasteiger charge is 2.07. The van der Waals surface area contributed by atoms with Crippen molar-refractivity contribution in [2.75, 3.05) is 0 Å². The maximum Gasteiger partial charge on any atom is 0.113 e. The van der Waals surface area contributed by atoms with Crippen LogP contribution < -0.4 is 0 Å². The molecule has 0 unspecified atom stereocenters. The van der Waals surface area contributed by atoms with E-state index in [1.807, 2.05) is 30.5 Å². The van der Waals surface area contributed by atoms with Crippen LogP contribution in [-0.4, -0.2) is 14.7 Å². The molecule has 3 heteroatoms. The fourth-order valence-electron chi connectivity index (χ4n) is 1.84. The molecule has 16 heavy (non-hydrogen) atoms. The fourth-order valence-corrected chi connectivity index (χ4v) is 1.84. The van der Waals surface area contributed by atoms with Crippen LogP contribution in [0.1, 0.15) is 24.7 Å². The molecule has 0 spiro atoms. The molecule has 84 valence electrons. The SMILES string of the molecule is CCCc1nccn1-c1ccccc1CO. The van der Waals surface area contributed by atoms with E-state index in [9.17, 15) is 5.11 Å². The Kier molecular flexibility index (Phi) is 3.37. The topological polar surface area (TPSA) is 38.0 Å². The summed E-state index contributed by atoms with van der Waals surface area (Å²) < 4.78 is 2.05. The van der Waals surface area contributed by atoms with Crippen molar-refractivity contribution in [2.45, 2.75) is 26.4 Å². The van der Waals surface area contributed by atoms with Gasteiger partial charge in [0.25, 0.3) is 0 Å². The Labute approximate surface area is 95.4 Å². The van der Waals surface area contributed by atoms with Gasteiger partial charge in [0.1, 0.15) is 5.82 Å². The summed E-state index contributed by atoms with van der Waals surface area (Å²) in [7, 11) is 0. The van der Waals surface area contributed by atoms with Gasteiger partial charge in [-0.3, -0.25) is 0 Å². The minimum Gasteiger partial charge on any atom is -0.392 e. The molecule has 1 N–H and O–H groups in total. The zero-order chi connectivity index (χ0) is 11.4. The van der Waals surface area contributed by atoms with E-state index >= 15 is 0 Å². The number of aryl methyl sites for hydroxylation is 1. The number of aliphatic hydroxyl groups excluding tert-OH is 1. The van der Waals surface area contributed by atoms with Gasteiger partial charge in [0.15, 0.2) is 0 Å². The van der Waals surface area contributed by atoms with E-state index in [4.69, 9.17) is 0 Å². The number of imidazole rings is 1. The van der Waals surface area contributed by atoms with E-state index in [1.54, 1.807) is 6.20 Å². The van der Waals surface area contributed by atoms with Gasteiger partial charge in [-0.05, 0) is 12.5 Å². The zero-order valence-electron chi connectivity index (χ0n) is 9.43. The van der Waals surface area contributed by atoms with Gasteiger partial charge in [-0.15, -0.1) is 0 Å². The Balaban J connectivity index is 2.45. The lowest BCUT2D eigenvalue weighted by Gasteiger charge is -2.11. The van der Waals surface area contributed by atoms with Gasteiger partial charge in [-0.1, -0.05) is 25.1 Å². The first-order valence-electron chi connectivity index (χ1n) is 5.58. The summed E-state index contributed by atoms with van der Waals surface area (Å²) in [5.41, 5.74) is 1.95. The van der Waals surface area contributed by atoms with Crippen LogP contribution in [0.25, 0.3) is 5.69 Å². The van der Waals surface area contributed by atoms with Crippen LogP contribution in [-0.2, 0) is 13.0 Å². The lowest BCUT2D eigenvalue weighted by molar-refractivity contribution is 0.281. The summed E-state index contributed by atoms with van der Waals surface area (Å²) in [6.45, 7) is 2.19. The van der Waals surface area contributed by atoms with Crippen LogP contribution in [0.3, 0.4) is 0 Å². The van der Waals surface area contributed by atoms with Crippen LogP contribution in [0.5, 0.6) is 0 Å². The number of rotatable bonds is 4. The second-order valence-electron chi connectivity index (χ2n) is 3.75. The second-order valence-corrected chi connectivity index (χ2v) is 3.75. The molecular formula is C13H16N2O. The number of aromatic nitrogens is 2. The van der Waals surface area contributed by atoms with Gasteiger partial charge < -0.3 is 9.67 Å². The lowest BCUT2D eigenvalue weighted by atomic mass is 10.2. The molecule has 0 bridgehead atoms. The van der Waals surface area contributed by atoms with E-state index < -0.39 is 0 Å². The molecule has 0 atom stereocenters. The first-order valence-corrected chi connectivity index (χ1v) is 5.58. The Morgan fingerprint density at radius 3 is 2.88 bits per heavy atom. The van der Waals surface area contributed by atoms with Gasteiger partial charge in [0, 0.05) is 24.4 Å². The molecule has 0 radical (unpaired) electrons. The second kappa shape index (κ2) is 4.94. The molecule has 1 aromatic heterocycles. The minimum absolute atomic E-state index is 0.0555. The predicted octanol–water partition coefficient (Wildman–Crippen LogP) is 2.32. The highest BCUT2D eigenvalue weighted by molar-refractivity contribution is 5.41. The maximum absolute atomic E-state index is 9.30. The van der Waals surface area contributed by atoms with Crippen molar-refractivity contribution >= 4 is 0 Å². The van der Waals surface area contributed by atoms with Crippen molar-refractivity contribution in [2.24, 2.45) is 0 Å². The summed E-state index contributed by atoms with van der Waals surface area (Å²) in [6.07, 6.45) is 5.77. The van der Waals surface area contributed by atoms with E-state index in [1.165, 1.54) is 0 Å². The van der Waals surface area contributed by atoms with E-state index in [0.29, 0.717) is 0 Å². The number of hydrogen-bond acceptors (Lipinski definition) is 2. The maximum atomic E-state index is 9.30. The quantitative estimate of drug-likeness (QED) is 0.851. The third-order valence-electron chi connectivity index (χ3n) is 2.61. The first-order chi connectivity index (χ1) is 7.86. The third kappa shape index (κ3) is 1.99. The highest BCUT2D eigenvalue weighted by atomic mass is 16.3. The molecule has 3 nitrogen and oxygen atoms in total.